The molecule has 0 aliphatic carbocycles. The van der Waals surface area contributed by atoms with Crippen LogP contribution in [-0.2, 0) is 17.9 Å². The first-order valence-corrected chi connectivity index (χ1v) is 7.41. The van der Waals surface area contributed by atoms with Gasteiger partial charge in [0.2, 0.25) is 5.91 Å². The van der Waals surface area contributed by atoms with Gasteiger partial charge in [-0.25, -0.2) is 4.39 Å². The zero-order valence-electron chi connectivity index (χ0n) is 12.7. The van der Waals surface area contributed by atoms with Gasteiger partial charge in [0.15, 0.2) is 0 Å². The predicted molar refractivity (Wildman–Crippen MR) is 85.7 cm³/mol. The number of amides is 1. The Hall–Kier alpha value is -2.20. The van der Waals surface area contributed by atoms with Gasteiger partial charge in [0.25, 0.3) is 0 Å². The molecule has 0 bridgehead atoms. The summed E-state index contributed by atoms with van der Waals surface area (Å²) >= 11 is 0. The molecule has 116 valence electrons. The van der Waals surface area contributed by atoms with E-state index >= 15 is 0 Å². The molecule has 2 aromatic rings. The average molecular weight is 300 g/mol. The van der Waals surface area contributed by atoms with E-state index in [-0.39, 0.29) is 11.7 Å². The summed E-state index contributed by atoms with van der Waals surface area (Å²) in [6, 6.07) is 14.4. The third kappa shape index (κ3) is 5.66. The van der Waals surface area contributed by atoms with Crippen LogP contribution < -0.4 is 10.6 Å². The molecule has 2 rings (SSSR count). The highest BCUT2D eigenvalue weighted by Crippen LogP contribution is 2.03. The quantitative estimate of drug-likeness (QED) is 0.772. The van der Waals surface area contributed by atoms with Gasteiger partial charge >= 0.3 is 0 Å². The second-order valence-electron chi connectivity index (χ2n) is 5.32. The largest absolute Gasteiger partial charge is 0.352 e. The van der Waals surface area contributed by atoms with E-state index in [0.717, 1.165) is 11.1 Å². The Morgan fingerprint density at radius 1 is 1.05 bits per heavy atom. The summed E-state index contributed by atoms with van der Waals surface area (Å²) in [7, 11) is 0. The van der Waals surface area contributed by atoms with Crippen LogP contribution in [0.1, 0.15) is 23.1 Å². The first-order valence-electron chi connectivity index (χ1n) is 7.41. The Morgan fingerprint density at radius 3 is 2.55 bits per heavy atom. The lowest BCUT2D eigenvalue weighted by molar-refractivity contribution is -0.121. The van der Waals surface area contributed by atoms with Crippen LogP contribution in [0.4, 0.5) is 4.39 Å². The molecule has 4 heteroatoms. The number of nitrogens with one attached hydrogen (secondary N) is 2. The molecule has 1 amide bonds. The number of hydrogen-bond acceptors (Lipinski definition) is 2. The Bertz CT molecular complexity index is 611. The zero-order chi connectivity index (χ0) is 15.8. The van der Waals surface area contributed by atoms with Gasteiger partial charge in [0.05, 0.1) is 0 Å². The first-order chi connectivity index (χ1) is 10.6. The fourth-order valence-electron chi connectivity index (χ4n) is 2.15. The van der Waals surface area contributed by atoms with E-state index in [4.69, 9.17) is 0 Å². The van der Waals surface area contributed by atoms with E-state index in [9.17, 15) is 9.18 Å². The summed E-state index contributed by atoms with van der Waals surface area (Å²) in [5.74, 6) is -0.215. The highest BCUT2D eigenvalue weighted by atomic mass is 19.1. The molecule has 22 heavy (non-hydrogen) atoms. The van der Waals surface area contributed by atoms with Crippen molar-refractivity contribution in [3.05, 3.63) is 71.0 Å². The summed E-state index contributed by atoms with van der Waals surface area (Å²) in [5, 5.41) is 6.08. The van der Waals surface area contributed by atoms with Crippen molar-refractivity contribution in [2.45, 2.75) is 26.4 Å². The van der Waals surface area contributed by atoms with E-state index < -0.39 is 0 Å². The summed E-state index contributed by atoms with van der Waals surface area (Å²) in [4.78, 5) is 11.8. The van der Waals surface area contributed by atoms with Crippen molar-refractivity contribution in [1.29, 1.82) is 0 Å². The van der Waals surface area contributed by atoms with Gasteiger partial charge in [-0.3, -0.25) is 4.79 Å². The topological polar surface area (TPSA) is 41.1 Å². The average Bonchev–Trinajstić information content (AvgIpc) is 2.51. The molecule has 0 unspecified atom stereocenters. The molecule has 0 saturated carbocycles. The van der Waals surface area contributed by atoms with Gasteiger partial charge in [0, 0.05) is 26.1 Å². The number of aryl methyl sites for hydroxylation is 1. The van der Waals surface area contributed by atoms with Crippen molar-refractivity contribution >= 4 is 5.91 Å². The number of rotatable bonds is 7. The van der Waals surface area contributed by atoms with Crippen LogP contribution in [0.25, 0.3) is 0 Å². The Morgan fingerprint density at radius 2 is 1.82 bits per heavy atom. The minimum Gasteiger partial charge on any atom is -0.352 e. The number of hydrogen-bond donors (Lipinski definition) is 2. The molecule has 0 spiro atoms. The van der Waals surface area contributed by atoms with Gasteiger partial charge in [0.1, 0.15) is 5.82 Å². The van der Waals surface area contributed by atoms with Crippen molar-refractivity contribution in [2.75, 3.05) is 6.54 Å². The molecule has 0 saturated heterocycles. The van der Waals surface area contributed by atoms with Crippen molar-refractivity contribution in [2.24, 2.45) is 0 Å². The zero-order valence-corrected chi connectivity index (χ0v) is 12.7. The molecule has 2 aromatic carbocycles. The highest BCUT2D eigenvalue weighted by molar-refractivity contribution is 5.76. The number of halogens is 1. The fraction of sp³-hybridized carbons (Fsp3) is 0.278. The molecule has 2 N–H and O–H groups in total. The standard InChI is InChI=1S/C18H21FN2O/c1-14-3-2-4-16(11-14)13-21-18(22)9-10-20-12-15-5-7-17(19)8-6-15/h2-8,11,20H,9-10,12-13H2,1H3,(H,21,22). The maximum Gasteiger partial charge on any atom is 0.221 e. The Balaban J connectivity index is 1.62. The van der Waals surface area contributed by atoms with Gasteiger partial charge in [-0.1, -0.05) is 42.0 Å². The van der Waals surface area contributed by atoms with Crippen LogP contribution >= 0.6 is 0 Å². The number of carbonyl (C=O) groups is 1. The van der Waals surface area contributed by atoms with Gasteiger partial charge in [-0.2, -0.15) is 0 Å². The van der Waals surface area contributed by atoms with Crippen molar-refractivity contribution in [1.82, 2.24) is 10.6 Å². The van der Waals surface area contributed by atoms with E-state index in [0.29, 0.717) is 26.1 Å². The summed E-state index contributed by atoms with van der Waals surface area (Å²) in [6.45, 7) is 3.81. The molecule has 0 aliphatic heterocycles. The molecule has 0 fully saturated rings. The van der Waals surface area contributed by atoms with Crippen molar-refractivity contribution < 1.29 is 9.18 Å². The SMILES string of the molecule is Cc1cccc(CNC(=O)CCNCc2ccc(F)cc2)c1. The van der Waals surface area contributed by atoms with Crippen molar-refractivity contribution in [3.63, 3.8) is 0 Å². The fourth-order valence-corrected chi connectivity index (χ4v) is 2.15. The predicted octanol–water partition coefficient (Wildman–Crippen LogP) is 2.93. The Kier molecular flexibility index (Phi) is 6.10. The molecule has 0 radical (unpaired) electrons. The third-order valence-corrected chi connectivity index (χ3v) is 3.34. The van der Waals surface area contributed by atoms with E-state index in [1.54, 1.807) is 12.1 Å². The smallest absolute Gasteiger partial charge is 0.221 e. The molecular weight excluding hydrogens is 279 g/mol. The Labute approximate surface area is 130 Å². The van der Waals surface area contributed by atoms with E-state index in [2.05, 4.69) is 16.7 Å². The molecule has 0 aliphatic rings. The minimum absolute atomic E-state index is 0.0214. The van der Waals surface area contributed by atoms with Crippen LogP contribution in [0.2, 0.25) is 0 Å². The van der Waals surface area contributed by atoms with Crippen molar-refractivity contribution in [3.8, 4) is 0 Å². The maximum absolute atomic E-state index is 12.8. The molecule has 0 heterocycles. The highest BCUT2D eigenvalue weighted by Gasteiger charge is 2.01. The van der Waals surface area contributed by atoms with E-state index in [1.165, 1.54) is 17.7 Å². The van der Waals surface area contributed by atoms with Crippen LogP contribution in [0.3, 0.4) is 0 Å². The lowest BCUT2D eigenvalue weighted by Crippen LogP contribution is -2.27. The van der Waals surface area contributed by atoms with Gasteiger partial charge in [-0.15, -0.1) is 0 Å². The molecule has 0 aromatic heterocycles. The van der Waals surface area contributed by atoms with Crippen LogP contribution in [-0.4, -0.2) is 12.5 Å². The monoisotopic (exact) mass is 300 g/mol. The number of carbonyl (C=O) groups excluding carboxylic acids is 1. The first kappa shape index (κ1) is 16.2. The summed E-state index contributed by atoms with van der Waals surface area (Å²) in [6.07, 6.45) is 0.424. The normalized spacial score (nSPS) is 10.5. The number of benzene rings is 2. The second kappa shape index (κ2) is 8.29. The van der Waals surface area contributed by atoms with Gasteiger partial charge < -0.3 is 10.6 Å². The third-order valence-electron chi connectivity index (χ3n) is 3.34. The van der Waals surface area contributed by atoms with Crippen LogP contribution in [0.5, 0.6) is 0 Å². The lowest BCUT2D eigenvalue weighted by Gasteiger charge is -2.07. The lowest BCUT2D eigenvalue weighted by atomic mass is 10.1. The summed E-state index contributed by atoms with van der Waals surface area (Å²) in [5.41, 5.74) is 3.29. The molecule has 0 atom stereocenters. The molecular formula is C18H21FN2O. The second-order valence-corrected chi connectivity index (χ2v) is 5.32. The molecule has 3 nitrogen and oxygen atoms in total. The van der Waals surface area contributed by atoms with E-state index in [1.807, 2.05) is 25.1 Å². The van der Waals surface area contributed by atoms with Gasteiger partial charge in [-0.05, 0) is 30.2 Å². The summed E-state index contributed by atoms with van der Waals surface area (Å²) < 4.78 is 12.8. The minimum atomic E-state index is -0.237. The maximum atomic E-state index is 12.8. The van der Waals surface area contributed by atoms with Crippen LogP contribution in [0, 0.1) is 12.7 Å². The van der Waals surface area contributed by atoms with Crippen LogP contribution in [0.15, 0.2) is 48.5 Å².